The number of rotatable bonds is 15. The van der Waals surface area contributed by atoms with Crippen molar-refractivity contribution >= 4 is 5.97 Å². The van der Waals surface area contributed by atoms with Crippen molar-refractivity contribution in [1.82, 2.24) is 5.06 Å². The second kappa shape index (κ2) is 11.9. The Labute approximate surface area is 160 Å². The van der Waals surface area contributed by atoms with Crippen molar-refractivity contribution in [2.45, 2.75) is 122 Å². The number of carbonyl (C=O) groups is 1. The van der Waals surface area contributed by atoms with Crippen LogP contribution in [0.25, 0.3) is 0 Å². The summed E-state index contributed by atoms with van der Waals surface area (Å²) in [6.07, 6.45) is 14.4. The van der Waals surface area contributed by atoms with Gasteiger partial charge in [-0.15, -0.1) is 0 Å². The van der Waals surface area contributed by atoms with Crippen LogP contribution in [0.15, 0.2) is 0 Å². The Balaban J connectivity index is 2.28. The number of carboxylic acid groups (broad SMARTS) is 1. The summed E-state index contributed by atoms with van der Waals surface area (Å²) in [5.41, 5.74) is -1.35. The average Bonchev–Trinajstić information content (AvgIpc) is 2.81. The molecular formula is C21H40NO4-. The molecule has 1 N–H and O–H groups in total. The molecule has 5 heteroatoms. The van der Waals surface area contributed by atoms with E-state index in [1.165, 1.54) is 51.4 Å². The lowest BCUT2D eigenvalue weighted by Gasteiger charge is -2.47. The second-order valence-corrected chi connectivity index (χ2v) is 8.52. The van der Waals surface area contributed by atoms with Crippen LogP contribution in [0.1, 0.15) is 111 Å². The number of carboxylic acids is 1. The summed E-state index contributed by atoms with van der Waals surface area (Å²) in [5.74, 6) is -0.811. The van der Waals surface area contributed by atoms with Crippen LogP contribution in [-0.4, -0.2) is 34.0 Å². The van der Waals surface area contributed by atoms with E-state index in [-0.39, 0.29) is 6.42 Å². The minimum atomic E-state index is -0.820. The lowest BCUT2D eigenvalue weighted by Crippen LogP contribution is -2.48. The molecule has 0 amide bonds. The molecule has 0 aromatic carbocycles. The SMILES string of the molecule is CCCCCCCCCCCCC1(CCCC(=O)O)OCC(C)(C)N1[O-]. The van der Waals surface area contributed by atoms with E-state index in [4.69, 9.17) is 9.84 Å². The summed E-state index contributed by atoms with van der Waals surface area (Å²) < 4.78 is 5.95. The van der Waals surface area contributed by atoms with E-state index < -0.39 is 17.2 Å². The molecule has 1 saturated heterocycles. The molecule has 5 nitrogen and oxygen atoms in total. The number of unbranched alkanes of at least 4 members (excludes halogenated alkanes) is 9. The molecule has 0 aromatic heterocycles. The first-order valence-corrected chi connectivity index (χ1v) is 10.7. The molecule has 1 atom stereocenters. The van der Waals surface area contributed by atoms with Crippen LogP contribution in [0.3, 0.4) is 0 Å². The van der Waals surface area contributed by atoms with Gasteiger partial charge in [-0.3, -0.25) is 4.79 Å². The highest BCUT2D eigenvalue weighted by Crippen LogP contribution is 2.41. The average molecular weight is 371 g/mol. The molecular weight excluding hydrogens is 330 g/mol. The monoisotopic (exact) mass is 370 g/mol. The Morgan fingerprint density at radius 3 is 1.92 bits per heavy atom. The maximum absolute atomic E-state index is 12.8. The third kappa shape index (κ3) is 7.93. The van der Waals surface area contributed by atoms with Crippen LogP contribution in [-0.2, 0) is 9.53 Å². The summed E-state index contributed by atoms with van der Waals surface area (Å²) >= 11 is 0. The molecule has 26 heavy (non-hydrogen) atoms. The zero-order chi connectivity index (χ0) is 19.5. The van der Waals surface area contributed by atoms with Gasteiger partial charge in [0, 0.05) is 12.0 Å². The highest BCUT2D eigenvalue weighted by atomic mass is 16.6. The van der Waals surface area contributed by atoms with Crippen molar-refractivity contribution in [3.63, 3.8) is 0 Å². The number of nitrogens with zero attached hydrogens (tertiary/aromatic N) is 1. The van der Waals surface area contributed by atoms with Crippen molar-refractivity contribution in [3.05, 3.63) is 5.21 Å². The molecule has 1 fully saturated rings. The molecule has 0 saturated carbocycles. The standard InChI is InChI=1S/C21H40NO4/c1-4-5-6-7-8-9-10-11-12-13-16-21(17-14-15-19(23)24)22(25)20(2,3)18-26-21/h4-18H2,1-3H3,(H,23,24)/q-1. The Bertz CT molecular complexity index is 399. The normalized spacial score (nSPS) is 22.8. The third-order valence-electron chi connectivity index (χ3n) is 5.49. The third-order valence-corrected chi connectivity index (χ3v) is 5.49. The molecule has 1 unspecified atom stereocenters. The highest BCUT2D eigenvalue weighted by molar-refractivity contribution is 5.66. The predicted molar refractivity (Wildman–Crippen MR) is 106 cm³/mol. The molecule has 1 aliphatic rings. The molecule has 1 heterocycles. The Morgan fingerprint density at radius 1 is 0.962 bits per heavy atom. The molecule has 0 radical (unpaired) electrons. The van der Waals surface area contributed by atoms with Gasteiger partial charge in [0.15, 0.2) is 0 Å². The van der Waals surface area contributed by atoms with Gasteiger partial charge < -0.3 is 20.1 Å². The molecule has 0 aliphatic carbocycles. The van der Waals surface area contributed by atoms with Crippen LogP contribution in [0, 0.1) is 5.21 Å². The molecule has 0 bridgehead atoms. The number of hydroxylamine groups is 2. The van der Waals surface area contributed by atoms with Gasteiger partial charge in [-0.05, 0) is 39.5 Å². The van der Waals surface area contributed by atoms with E-state index in [2.05, 4.69) is 6.92 Å². The van der Waals surface area contributed by atoms with Crippen molar-refractivity contribution in [3.8, 4) is 0 Å². The molecule has 0 spiro atoms. The maximum atomic E-state index is 12.8. The lowest BCUT2D eigenvalue weighted by atomic mass is 9.95. The largest absolute Gasteiger partial charge is 0.783 e. The zero-order valence-electron chi connectivity index (χ0n) is 17.2. The molecule has 1 rings (SSSR count). The fraction of sp³-hybridized carbons (Fsp3) is 0.952. The van der Waals surface area contributed by atoms with E-state index in [9.17, 15) is 10.0 Å². The molecule has 154 valence electrons. The van der Waals surface area contributed by atoms with Gasteiger partial charge in [-0.25, -0.2) is 0 Å². The first-order chi connectivity index (χ1) is 12.3. The first kappa shape index (κ1) is 23.4. The minimum Gasteiger partial charge on any atom is -0.783 e. The van der Waals surface area contributed by atoms with Crippen molar-refractivity contribution in [2.75, 3.05) is 6.61 Å². The van der Waals surface area contributed by atoms with Crippen LogP contribution in [0.4, 0.5) is 0 Å². The zero-order valence-corrected chi connectivity index (χ0v) is 17.2. The Hall–Kier alpha value is -0.650. The van der Waals surface area contributed by atoms with Gasteiger partial charge >= 0.3 is 5.97 Å². The van der Waals surface area contributed by atoms with Gasteiger partial charge in [0.05, 0.1) is 6.61 Å². The predicted octanol–water partition coefficient (Wildman–Crippen LogP) is 5.86. The highest BCUT2D eigenvalue weighted by Gasteiger charge is 2.45. The summed E-state index contributed by atoms with van der Waals surface area (Å²) in [6, 6.07) is 0. The first-order valence-electron chi connectivity index (χ1n) is 10.7. The molecule has 0 aromatic rings. The maximum Gasteiger partial charge on any atom is 0.303 e. The summed E-state index contributed by atoms with van der Waals surface area (Å²) in [6.45, 7) is 6.46. The fourth-order valence-electron chi connectivity index (χ4n) is 3.86. The van der Waals surface area contributed by atoms with E-state index >= 15 is 0 Å². The lowest BCUT2D eigenvalue weighted by molar-refractivity contribution is -0.137. The smallest absolute Gasteiger partial charge is 0.303 e. The Morgan fingerprint density at radius 2 is 1.46 bits per heavy atom. The van der Waals surface area contributed by atoms with E-state index in [0.717, 1.165) is 17.9 Å². The Kier molecular flexibility index (Phi) is 10.7. The number of hydrogen-bond donors (Lipinski definition) is 1. The van der Waals surface area contributed by atoms with Crippen LogP contribution in [0.5, 0.6) is 0 Å². The van der Waals surface area contributed by atoms with Crippen molar-refractivity contribution < 1.29 is 14.6 Å². The van der Waals surface area contributed by atoms with Gasteiger partial charge in [0.1, 0.15) is 5.72 Å². The van der Waals surface area contributed by atoms with Crippen LogP contribution >= 0.6 is 0 Å². The van der Waals surface area contributed by atoms with Gasteiger partial charge in [0.25, 0.3) is 0 Å². The summed E-state index contributed by atoms with van der Waals surface area (Å²) in [5, 5.41) is 22.7. The second-order valence-electron chi connectivity index (χ2n) is 8.52. The quantitative estimate of drug-likeness (QED) is 0.366. The van der Waals surface area contributed by atoms with Crippen LogP contribution < -0.4 is 0 Å². The number of hydrogen-bond acceptors (Lipinski definition) is 4. The minimum absolute atomic E-state index is 0.0947. The van der Waals surface area contributed by atoms with Gasteiger partial charge in [-0.1, -0.05) is 64.7 Å². The summed E-state index contributed by atoms with van der Waals surface area (Å²) in [4.78, 5) is 10.8. The van der Waals surface area contributed by atoms with E-state index in [0.29, 0.717) is 25.9 Å². The van der Waals surface area contributed by atoms with E-state index in [1.807, 2.05) is 13.8 Å². The summed E-state index contributed by atoms with van der Waals surface area (Å²) in [7, 11) is 0. The number of aliphatic carboxylic acids is 1. The van der Waals surface area contributed by atoms with Gasteiger partial charge in [0.2, 0.25) is 0 Å². The van der Waals surface area contributed by atoms with Gasteiger partial charge in [-0.2, -0.15) is 0 Å². The van der Waals surface area contributed by atoms with Crippen molar-refractivity contribution in [1.29, 1.82) is 0 Å². The van der Waals surface area contributed by atoms with Crippen molar-refractivity contribution in [2.24, 2.45) is 0 Å². The van der Waals surface area contributed by atoms with E-state index in [1.54, 1.807) is 0 Å². The topological polar surface area (TPSA) is 72.8 Å². The number of ether oxygens (including phenoxy) is 1. The fourth-order valence-corrected chi connectivity index (χ4v) is 3.86. The van der Waals surface area contributed by atoms with Crippen LogP contribution in [0.2, 0.25) is 0 Å². The molecule has 1 aliphatic heterocycles.